The molecule has 96 valence electrons. The summed E-state index contributed by atoms with van der Waals surface area (Å²) < 4.78 is 0. The predicted molar refractivity (Wildman–Crippen MR) is 72.8 cm³/mol. The third kappa shape index (κ3) is 2.63. The fourth-order valence-electron chi connectivity index (χ4n) is 1.83. The Labute approximate surface area is 110 Å². The molecular formula is C14H13N3O2. The average molecular weight is 255 g/mol. The van der Waals surface area contributed by atoms with Crippen LogP contribution in [0.3, 0.4) is 0 Å². The summed E-state index contributed by atoms with van der Waals surface area (Å²) in [4.78, 5) is 11.1. The van der Waals surface area contributed by atoms with Crippen LogP contribution in [0.1, 0.15) is 12.1 Å². The molecule has 0 aliphatic heterocycles. The molecule has 1 atom stereocenters. The van der Waals surface area contributed by atoms with E-state index in [4.69, 9.17) is 11.5 Å². The lowest BCUT2D eigenvalue weighted by atomic mass is 10.1. The number of anilines is 1. The van der Waals surface area contributed by atoms with Crippen molar-refractivity contribution in [1.29, 1.82) is 0 Å². The van der Waals surface area contributed by atoms with Crippen LogP contribution in [0, 0.1) is 19.3 Å². The Morgan fingerprint density at radius 1 is 1.42 bits per heavy atom. The standard InChI is InChI=1S/C14H13N3O2/c1-3-6-12(14(18)19)15-13-11-8-5-4-7-10(11)9(2)16-17-13/h1,4-5,7-8,12H,6H2,2H3,(H,15,17)(H,18,19). The van der Waals surface area contributed by atoms with Crippen molar-refractivity contribution in [3.8, 4) is 12.3 Å². The fourth-order valence-corrected chi connectivity index (χ4v) is 1.83. The fraction of sp³-hybridized carbons (Fsp3) is 0.214. The number of aryl methyl sites for hydroxylation is 1. The number of aliphatic carboxylic acids is 1. The Morgan fingerprint density at radius 3 is 2.74 bits per heavy atom. The molecule has 0 bridgehead atoms. The molecule has 0 saturated carbocycles. The minimum absolute atomic E-state index is 0.0826. The number of carboxylic acids is 1. The number of carbonyl (C=O) groups is 1. The molecule has 5 heteroatoms. The Bertz CT molecular complexity index is 661. The van der Waals surface area contributed by atoms with Crippen molar-refractivity contribution >= 4 is 22.6 Å². The summed E-state index contributed by atoms with van der Waals surface area (Å²) in [7, 11) is 0. The number of hydrogen-bond donors (Lipinski definition) is 2. The van der Waals surface area contributed by atoms with Crippen molar-refractivity contribution < 1.29 is 9.90 Å². The van der Waals surface area contributed by atoms with Gasteiger partial charge in [-0.25, -0.2) is 4.79 Å². The molecule has 0 fully saturated rings. The number of hydrogen-bond acceptors (Lipinski definition) is 4. The zero-order chi connectivity index (χ0) is 13.8. The van der Waals surface area contributed by atoms with Crippen LogP contribution >= 0.6 is 0 Å². The molecule has 0 saturated heterocycles. The maximum absolute atomic E-state index is 11.1. The number of carboxylic acid groups (broad SMARTS) is 1. The average Bonchev–Trinajstić information content (AvgIpc) is 2.41. The number of benzene rings is 1. The molecule has 2 rings (SSSR count). The third-order valence-corrected chi connectivity index (χ3v) is 2.80. The maximum Gasteiger partial charge on any atom is 0.327 e. The predicted octanol–water partition coefficient (Wildman–Crippen LogP) is 1.83. The lowest BCUT2D eigenvalue weighted by Gasteiger charge is -2.14. The summed E-state index contributed by atoms with van der Waals surface area (Å²) in [6, 6.07) is 6.68. The van der Waals surface area contributed by atoms with Crippen LogP contribution in [0.5, 0.6) is 0 Å². The monoisotopic (exact) mass is 255 g/mol. The Kier molecular flexibility index (Phi) is 3.62. The molecular weight excluding hydrogens is 242 g/mol. The number of terminal acetylenes is 1. The van der Waals surface area contributed by atoms with E-state index in [2.05, 4.69) is 21.4 Å². The molecule has 0 radical (unpaired) electrons. The molecule has 1 aromatic carbocycles. The van der Waals surface area contributed by atoms with E-state index in [-0.39, 0.29) is 6.42 Å². The number of nitrogens with zero attached hydrogens (tertiary/aromatic N) is 2. The third-order valence-electron chi connectivity index (χ3n) is 2.80. The molecule has 1 aromatic heterocycles. The zero-order valence-electron chi connectivity index (χ0n) is 10.4. The number of fused-ring (bicyclic) bond motifs is 1. The lowest BCUT2D eigenvalue weighted by molar-refractivity contribution is -0.137. The first-order valence-corrected chi connectivity index (χ1v) is 5.78. The largest absolute Gasteiger partial charge is 0.480 e. The highest BCUT2D eigenvalue weighted by Gasteiger charge is 2.18. The van der Waals surface area contributed by atoms with Gasteiger partial charge >= 0.3 is 5.97 Å². The summed E-state index contributed by atoms with van der Waals surface area (Å²) in [6.45, 7) is 1.86. The van der Waals surface area contributed by atoms with Gasteiger partial charge in [0.1, 0.15) is 6.04 Å². The molecule has 0 spiro atoms. The lowest BCUT2D eigenvalue weighted by Crippen LogP contribution is -2.29. The van der Waals surface area contributed by atoms with Crippen LogP contribution in [0.2, 0.25) is 0 Å². The zero-order valence-corrected chi connectivity index (χ0v) is 10.4. The van der Waals surface area contributed by atoms with Gasteiger partial charge < -0.3 is 10.4 Å². The van der Waals surface area contributed by atoms with Gasteiger partial charge in [0, 0.05) is 17.2 Å². The van der Waals surface area contributed by atoms with Crippen molar-refractivity contribution in [2.45, 2.75) is 19.4 Å². The van der Waals surface area contributed by atoms with Crippen LogP contribution in [-0.4, -0.2) is 27.3 Å². The maximum atomic E-state index is 11.1. The molecule has 0 aliphatic rings. The Morgan fingerprint density at radius 2 is 2.11 bits per heavy atom. The van der Waals surface area contributed by atoms with Gasteiger partial charge in [-0.1, -0.05) is 24.3 Å². The van der Waals surface area contributed by atoms with Gasteiger partial charge in [0.05, 0.1) is 5.69 Å². The molecule has 5 nitrogen and oxygen atoms in total. The van der Waals surface area contributed by atoms with E-state index in [1.165, 1.54) is 0 Å². The van der Waals surface area contributed by atoms with Gasteiger partial charge in [-0.05, 0) is 6.92 Å². The van der Waals surface area contributed by atoms with Gasteiger partial charge in [-0.2, -0.15) is 5.10 Å². The van der Waals surface area contributed by atoms with Crippen LogP contribution in [-0.2, 0) is 4.79 Å². The second-order valence-electron chi connectivity index (χ2n) is 4.12. The van der Waals surface area contributed by atoms with E-state index in [0.717, 1.165) is 16.5 Å². The normalized spacial score (nSPS) is 11.8. The first-order valence-electron chi connectivity index (χ1n) is 5.78. The Balaban J connectivity index is 2.43. The van der Waals surface area contributed by atoms with E-state index in [1.54, 1.807) is 0 Å². The van der Waals surface area contributed by atoms with Gasteiger partial charge in [0.25, 0.3) is 0 Å². The van der Waals surface area contributed by atoms with Crippen LogP contribution < -0.4 is 5.32 Å². The number of nitrogens with one attached hydrogen (secondary N) is 1. The summed E-state index contributed by atoms with van der Waals surface area (Å²) in [6.07, 6.45) is 5.25. The van der Waals surface area contributed by atoms with Crippen molar-refractivity contribution in [3.05, 3.63) is 30.0 Å². The Hall–Kier alpha value is -2.61. The second-order valence-corrected chi connectivity index (χ2v) is 4.12. The SMILES string of the molecule is C#CCC(Nc1nnc(C)c2ccccc12)C(=O)O. The molecule has 2 N–H and O–H groups in total. The number of rotatable bonds is 4. The highest BCUT2D eigenvalue weighted by molar-refractivity contribution is 5.94. The summed E-state index contributed by atoms with van der Waals surface area (Å²) >= 11 is 0. The van der Waals surface area contributed by atoms with Crippen molar-refractivity contribution in [2.24, 2.45) is 0 Å². The summed E-state index contributed by atoms with van der Waals surface area (Å²) in [5.74, 6) is 1.76. The highest BCUT2D eigenvalue weighted by Crippen LogP contribution is 2.23. The van der Waals surface area contributed by atoms with Gasteiger partial charge in [0.15, 0.2) is 5.82 Å². The molecule has 1 unspecified atom stereocenters. The quantitative estimate of drug-likeness (QED) is 0.815. The van der Waals surface area contributed by atoms with Gasteiger partial charge in [-0.15, -0.1) is 17.4 Å². The van der Waals surface area contributed by atoms with Crippen LogP contribution in [0.4, 0.5) is 5.82 Å². The van der Waals surface area contributed by atoms with E-state index in [9.17, 15) is 4.79 Å². The molecule has 19 heavy (non-hydrogen) atoms. The van der Waals surface area contributed by atoms with Gasteiger partial charge in [0.2, 0.25) is 0 Å². The van der Waals surface area contributed by atoms with Crippen LogP contribution in [0.25, 0.3) is 10.8 Å². The first kappa shape index (κ1) is 12.8. The second kappa shape index (κ2) is 5.36. The van der Waals surface area contributed by atoms with Crippen LogP contribution in [0.15, 0.2) is 24.3 Å². The van der Waals surface area contributed by atoms with Gasteiger partial charge in [-0.3, -0.25) is 0 Å². The summed E-state index contributed by atoms with van der Waals surface area (Å²) in [5.41, 5.74) is 0.796. The first-order chi connectivity index (χ1) is 9.13. The van der Waals surface area contributed by atoms with Crippen molar-refractivity contribution in [1.82, 2.24) is 10.2 Å². The molecule has 0 amide bonds. The highest BCUT2D eigenvalue weighted by atomic mass is 16.4. The van der Waals surface area contributed by atoms with E-state index >= 15 is 0 Å². The molecule has 1 heterocycles. The number of aromatic nitrogens is 2. The van der Waals surface area contributed by atoms with E-state index in [1.807, 2.05) is 31.2 Å². The van der Waals surface area contributed by atoms with Crippen molar-refractivity contribution in [3.63, 3.8) is 0 Å². The molecule has 0 aliphatic carbocycles. The topological polar surface area (TPSA) is 75.1 Å². The minimum atomic E-state index is -1.01. The van der Waals surface area contributed by atoms with E-state index in [0.29, 0.717) is 5.82 Å². The summed E-state index contributed by atoms with van der Waals surface area (Å²) in [5, 5.41) is 21.7. The van der Waals surface area contributed by atoms with E-state index < -0.39 is 12.0 Å². The van der Waals surface area contributed by atoms with Crippen molar-refractivity contribution in [2.75, 3.05) is 5.32 Å². The smallest absolute Gasteiger partial charge is 0.327 e. The minimum Gasteiger partial charge on any atom is -0.480 e. The molecule has 2 aromatic rings.